The molecule has 1 N–H and O–H groups in total. The quantitative estimate of drug-likeness (QED) is 0.326. The van der Waals surface area contributed by atoms with E-state index in [0.29, 0.717) is 60.9 Å². The molecule has 2 aromatic heterocycles. The number of carbonyl (C=O) groups is 1. The van der Waals surface area contributed by atoms with E-state index < -0.39 is 17.9 Å². The maximum Gasteiger partial charge on any atom is 0.251 e. The molecule has 274 valence electrons. The highest BCUT2D eigenvalue weighted by Gasteiger charge is 2.45. The van der Waals surface area contributed by atoms with Crippen molar-refractivity contribution in [2.45, 2.75) is 64.0 Å². The molecular formula is C37H49FN8O5. The molecule has 6 heterocycles. The summed E-state index contributed by atoms with van der Waals surface area (Å²) in [6.45, 7) is 11.6. The lowest BCUT2D eigenvalue weighted by Gasteiger charge is -2.43. The molecule has 2 unspecified atom stereocenters. The Morgan fingerprint density at radius 2 is 1.90 bits per heavy atom. The predicted octanol–water partition coefficient (Wildman–Crippen LogP) is 4.84. The molecule has 0 spiro atoms. The highest BCUT2D eigenvalue weighted by molar-refractivity contribution is 5.81. The SMILES string of the molecule is CC.COc1nc(Nc2nccc(-c3ccc(OC4CCN(C(=O)[C@@H]5CCCO5)CC4(C)F)c(C#N)c3)n2)ccc1N1CCN(C2COC2)CC1.[HH]. The third-order valence-electron chi connectivity index (χ3n) is 9.74. The largest absolute Gasteiger partial charge is 0.486 e. The van der Waals surface area contributed by atoms with Gasteiger partial charge in [-0.15, -0.1) is 0 Å². The van der Waals surface area contributed by atoms with Crippen molar-refractivity contribution in [3.8, 4) is 29.0 Å². The molecule has 3 atom stereocenters. The van der Waals surface area contributed by atoms with Crippen molar-refractivity contribution in [1.29, 1.82) is 5.26 Å². The van der Waals surface area contributed by atoms with Crippen LogP contribution in [0.4, 0.5) is 21.8 Å². The maximum absolute atomic E-state index is 15.9. The van der Waals surface area contributed by atoms with Gasteiger partial charge in [-0.3, -0.25) is 9.69 Å². The van der Waals surface area contributed by atoms with E-state index in [4.69, 9.17) is 18.9 Å². The fourth-order valence-corrected chi connectivity index (χ4v) is 6.86. The van der Waals surface area contributed by atoms with E-state index in [1.807, 2.05) is 26.0 Å². The summed E-state index contributed by atoms with van der Waals surface area (Å²) >= 11 is 0. The van der Waals surface area contributed by atoms with Gasteiger partial charge in [0.05, 0.1) is 44.2 Å². The molecule has 1 amide bonds. The smallest absolute Gasteiger partial charge is 0.251 e. The fraction of sp³-hybridized carbons (Fsp3) is 0.541. The first-order valence-electron chi connectivity index (χ1n) is 17.8. The van der Waals surface area contributed by atoms with Crippen LogP contribution >= 0.6 is 0 Å². The van der Waals surface area contributed by atoms with Gasteiger partial charge >= 0.3 is 0 Å². The van der Waals surface area contributed by atoms with Gasteiger partial charge in [0.25, 0.3) is 5.91 Å². The van der Waals surface area contributed by atoms with Crippen LogP contribution in [0.3, 0.4) is 0 Å². The molecule has 3 aromatic rings. The Labute approximate surface area is 300 Å². The zero-order valence-electron chi connectivity index (χ0n) is 29.8. The first kappa shape index (κ1) is 36.2. The van der Waals surface area contributed by atoms with E-state index in [9.17, 15) is 10.1 Å². The summed E-state index contributed by atoms with van der Waals surface area (Å²) in [5.74, 6) is 1.48. The Morgan fingerprint density at radius 1 is 1.10 bits per heavy atom. The lowest BCUT2D eigenvalue weighted by atomic mass is 9.92. The van der Waals surface area contributed by atoms with E-state index >= 15 is 4.39 Å². The minimum Gasteiger partial charge on any atom is -0.486 e. The zero-order chi connectivity index (χ0) is 36.0. The predicted molar refractivity (Wildman–Crippen MR) is 192 cm³/mol. The van der Waals surface area contributed by atoms with Crippen molar-refractivity contribution in [1.82, 2.24) is 24.8 Å². The molecule has 0 saturated carbocycles. The first-order valence-corrected chi connectivity index (χ1v) is 17.8. The number of amides is 1. The molecule has 51 heavy (non-hydrogen) atoms. The minimum absolute atomic E-state index is 0. The molecule has 4 fully saturated rings. The monoisotopic (exact) mass is 704 g/mol. The van der Waals surface area contributed by atoms with Crippen LogP contribution < -0.4 is 19.7 Å². The summed E-state index contributed by atoms with van der Waals surface area (Å²) in [6, 6.07) is 13.4. The molecule has 4 aliphatic heterocycles. The second-order valence-electron chi connectivity index (χ2n) is 13.1. The number of methoxy groups -OCH3 is 1. The molecule has 7 rings (SSSR count). The number of pyridine rings is 1. The number of nitrogens with one attached hydrogen (secondary N) is 1. The molecule has 14 heteroatoms. The highest BCUT2D eigenvalue weighted by Crippen LogP contribution is 2.34. The Balaban J connectivity index is 0.00000171. The molecular weight excluding hydrogens is 655 g/mol. The standard InChI is InChI=1S/C35H41FN8O5.C2H6.H2/c1-35(36)22-44(33(45)29-4-3-17-48-29)12-10-30(35)49-28-7-5-23(18-24(28)19-37)26-9-11-38-34(39-26)41-31-8-6-27(32(40-31)46-2)43-15-13-42(14-16-43)25-20-47-21-25;1-2;/h5-9,11,18,25,29-30H,3-4,10,12-17,20-22H2,1-2H3,(H,38,39,40,41);1-2H3;1H/t29-,30?,35?;;/m0../s1. The van der Waals surface area contributed by atoms with Crippen LogP contribution in [0.15, 0.2) is 42.6 Å². The van der Waals surface area contributed by atoms with Gasteiger partial charge < -0.3 is 34.1 Å². The first-order chi connectivity index (χ1) is 24.8. The van der Waals surface area contributed by atoms with Gasteiger partial charge in [-0.25, -0.2) is 14.4 Å². The van der Waals surface area contributed by atoms with Gasteiger partial charge in [-0.05, 0) is 56.2 Å². The van der Waals surface area contributed by atoms with E-state index in [1.165, 1.54) is 11.8 Å². The number of nitriles is 1. The number of hydrogen-bond donors (Lipinski definition) is 1. The average Bonchev–Trinajstić information content (AvgIpc) is 3.68. The number of aromatic nitrogens is 3. The number of likely N-dealkylation sites (tertiary alicyclic amines) is 1. The second kappa shape index (κ2) is 16.2. The Hall–Kier alpha value is -4.58. The summed E-state index contributed by atoms with van der Waals surface area (Å²) in [6.07, 6.45) is 2.10. The van der Waals surface area contributed by atoms with Crippen LogP contribution in [-0.2, 0) is 14.3 Å². The van der Waals surface area contributed by atoms with Crippen molar-refractivity contribution in [3.63, 3.8) is 0 Å². The van der Waals surface area contributed by atoms with Crippen molar-refractivity contribution in [3.05, 3.63) is 48.2 Å². The lowest BCUT2D eigenvalue weighted by molar-refractivity contribution is -0.148. The Morgan fingerprint density at radius 3 is 2.57 bits per heavy atom. The van der Waals surface area contributed by atoms with Crippen LogP contribution in [0.2, 0.25) is 0 Å². The number of hydrogen-bond acceptors (Lipinski definition) is 12. The number of piperidine rings is 1. The van der Waals surface area contributed by atoms with Crippen molar-refractivity contribution in [2.24, 2.45) is 0 Å². The summed E-state index contributed by atoms with van der Waals surface area (Å²) in [4.78, 5) is 32.8. The van der Waals surface area contributed by atoms with E-state index in [0.717, 1.165) is 51.5 Å². The zero-order valence-corrected chi connectivity index (χ0v) is 29.8. The van der Waals surface area contributed by atoms with Gasteiger partial charge in [0.1, 0.15) is 35.5 Å². The number of ether oxygens (including phenoxy) is 4. The number of nitrogens with zero attached hydrogens (tertiary/aromatic N) is 7. The van der Waals surface area contributed by atoms with Crippen molar-refractivity contribution >= 4 is 23.4 Å². The molecule has 13 nitrogen and oxygen atoms in total. The number of piperazine rings is 1. The Kier molecular flexibility index (Phi) is 11.5. The second-order valence-corrected chi connectivity index (χ2v) is 13.1. The van der Waals surface area contributed by atoms with E-state index in [-0.39, 0.29) is 25.2 Å². The van der Waals surface area contributed by atoms with Gasteiger partial charge in [0.15, 0.2) is 5.67 Å². The normalized spacial score (nSPS) is 23.8. The van der Waals surface area contributed by atoms with Crippen LogP contribution in [0.5, 0.6) is 11.6 Å². The van der Waals surface area contributed by atoms with Crippen molar-refractivity contribution in [2.75, 3.05) is 76.4 Å². The Bertz CT molecular complexity index is 1710. The van der Waals surface area contributed by atoms with Crippen LogP contribution in [0.25, 0.3) is 11.3 Å². The van der Waals surface area contributed by atoms with Gasteiger partial charge in [0, 0.05) is 58.9 Å². The molecule has 1 aromatic carbocycles. The molecule has 4 saturated heterocycles. The lowest BCUT2D eigenvalue weighted by Crippen LogP contribution is -2.57. The van der Waals surface area contributed by atoms with Crippen LogP contribution in [0, 0.1) is 11.3 Å². The van der Waals surface area contributed by atoms with Gasteiger partial charge in [-0.2, -0.15) is 10.2 Å². The average molecular weight is 705 g/mol. The number of benzene rings is 1. The van der Waals surface area contributed by atoms with E-state index in [2.05, 4.69) is 36.1 Å². The fourth-order valence-electron chi connectivity index (χ4n) is 6.86. The third kappa shape index (κ3) is 8.16. The van der Waals surface area contributed by atoms with E-state index in [1.54, 1.807) is 37.6 Å². The molecule has 0 bridgehead atoms. The number of carbonyl (C=O) groups excluding carboxylic acids is 1. The summed E-state index contributed by atoms with van der Waals surface area (Å²) < 4.78 is 38.5. The molecule has 4 aliphatic rings. The molecule has 0 aliphatic carbocycles. The topological polar surface area (TPSA) is 138 Å². The van der Waals surface area contributed by atoms with Crippen LogP contribution in [0.1, 0.15) is 47.0 Å². The van der Waals surface area contributed by atoms with Gasteiger partial charge in [0.2, 0.25) is 11.8 Å². The number of alkyl halides is 1. The van der Waals surface area contributed by atoms with Crippen molar-refractivity contribution < 1.29 is 29.6 Å². The highest BCUT2D eigenvalue weighted by atomic mass is 19.1. The maximum atomic E-state index is 15.9. The molecule has 0 radical (unpaired) electrons. The summed E-state index contributed by atoms with van der Waals surface area (Å²) in [5.41, 5.74) is 0.630. The summed E-state index contributed by atoms with van der Waals surface area (Å²) in [7, 11) is 1.61. The van der Waals surface area contributed by atoms with Crippen LogP contribution in [-0.4, -0.2) is 121 Å². The number of halogens is 1. The third-order valence-corrected chi connectivity index (χ3v) is 9.74. The van der Waals surface area contributed by atoms with Gasteiger partial charge in [-0.1, -0.05) is 13.8 Å². The summed E-state index contributed by atoms with van der Waals surface area (Å²) in [5, 5.41) is 13.2. The minimum atomic E-state index is -1.81. The number of rotatable bonds is 9. The number of anilines is 3.